The molecular formula is C12H13N3O2. The van der Waals surface area contributed by atoms with E-state index in [1.165, 1.54) is 0 Å². The molecule has 0 radical (unpaired) electrons. The van der Waals surface area contributed by atoms with Crippen LogP contribution in [0.1, 0.15) is 40.6 Å². The summed E-state index contributed by atoms with van der Waals surface area (Å²) in [7, 11) is 0. The molecule has 0 atom stereocenters. The molecule has 88 valence electrons. The topological polar surface area (TPSA) is 60.9 Å². The molecule has 0 saturated heterocycles. The van der Waals surface area contributed by atoms with Crippen LogP contribution in [0, 0.1) is 6.92 Å². The number of aromatic nitrogens is 3. The maximum atomic E-state index is 11.7. The van der Waals surface area contributed by atoms with E-state index in [2.05, 4.69) is 10.1 Å². The first-order valence-electron chi connectivity index (χ1n) is 5.74. The molecular weight excluding hydrogens is 218 g/mol. The lowest BCUT2D eigenvalue weighted by atomic mass is 9.97. The van der Waals surface area contributed by atoms with Crippen molar-refractivity contribution in [1.82, 2.24) is 14.7 Å². The van der Waals surface area contributed by atoms with Crippen LogP contribution in [0.4, 0.5) is 0 Å². The maximum absolute atomic E-state index is 11.7. The molecule has 0 spiro atoms. The van der Waals surface area contributed by atoms with Crippen LogP contribution < -0.4 is 0 Å². The Balaban J connectivity index is 1.91. The minimum atomic E-state index is 0.242. The largest absolute Gasteiger partial charge is 0.341 e. The number of carbonyl (C=O) groups excluding carboxylic acids is 1. The van der Waals surface area contributed by atoms with E-state index in [-0.39, 0.29) is 5.78 Å². The first-order chi connectivity index (χ1) is 8.24. The van der Waals surface area contributed by atoms with Gasteiger partial charge in [0, 0.05) is 23.9 Å². The van der Waals surface area contributed by atoms with Crippen LogP contribution in [0.25, 0.3) is 0 Å². The number of carbonyl (C=O) groups is 1. The summed E-state index contributed by atoms with van der Waals surface area (Å²) in [5, 5.41) is 3.76. The molecule has 0 bridgehead atoms. The summed E-state index contributed by atoms with van der Waals surface area (Å²) in [5.74, 6) is 1.46. The van der Waals surface area contributed by atoms with Gasteiger partial charge in [0.15, 0.2) is 11.6 Å². The number of fused-ring (bicyclic) bond motifs is 1. The molecule has 0 aliphatic heterocycles. The summed E-state index contributed by atoms with van der Waals surface area (Å²) in [6, 6.07) is 1.89. The average Bonchev–Trinajstić information content (AvgIpc) is 2.88. The molecule has 0 aromatic carbocycles. The molecule has 5 nitrogen and oxygen atoms in total. The number of rotatable bonds is 2. The van der Waals surface area contributed by atoms with Crippen molar-refractivity contribution < 1.29 is 9.32 Å². The molecule has 0 saturated carbocycles. The summed E-state index contributed by atoms with van der Waals surface area (Å²) in [4.78, 5) is 15.9. The molecule has 17 heavy (non-hydrogen) atoms. The summed E-state index contributed by atoms with van der Waals surface area (Å²) in [5.41, 5.74) is 1.95. The Hall–Kier alpha value is -1.91. The van der Waals surface area contributed by atoms with Crippen molar-refractivity contribution in [1.29, 1.82) is 0 Å². The molecule has 1 aliphatic rings. The first kappa shape index (κ1) is 10.3. The predicted octanol–water partition coefficient (Wildman–Crippen LogP) is 1.75. The van der Waals surface area contributed by atoms with Crippen molar-refractivity contribution in [2.75, 3.05) is 0 Å². The Morgan fingerprint density at radius 2 is 2.35 bits per heavy atom. The maximum Gasteiger partial charge on any atom is 0.246 e. The molecule has 0 fully saturated rings. The molecule has 0 unspecified atom stereocenters. The highest BCUT2D eigenvalue weighted by Gasteiger charge is 2.21. The molecule has 0 amide bonds. The van der Waals surface area contributed by atoms with Gasteiger partial charge < -0.3 is 9.09 Å². The van der Waals surface area contributed by atoms with Crippen LogP contribution in [0.3, 0.4) is 0 Å². The van der Waals surface area contributed by atoms with Crippen LogP contribution in [-0.4, -0.2) is 20.5 Å². The SMILES string of the molecule is Cc1noc(Cn2ccc3c2CCCC3=O)n1. The normalized spacial score (nSPS) is 15.0. The Morgan fingerprint density at radius 3 is 3.12 bits per heavy atom. The number of hydrogen-bond acceptors (Lipinski definition) is 4. The standard InChI is InChI=1S/C12H13N3O2/c1-8-13-12(17-14-8)7-15-6-5-9-10(15)3-2-4-11(9)16/h5-6H,2-4,7H2,1H3. The van der Waals surface area contributed by atoms with E-state index in [1.54, 1.807) is 6.92 Å². The van der Waals surface area contributed by atoms with Crippen LogP contribution in [0.15, 0.2) is 16.8 Å². The average molecular weight is 231 g/mol. The van der Waals surface area contributed by atoms with E-state index < -0.39 is 0 Å². The second-order valence-electron chi connectivity index (χ2n) is 4.32. The van der Waals surface area contributed by atoms with Crippen molar-refractivity contribution in [3.63, 3.8) is 0 Å². The Bertz CT molecular complexity index is 568. The van der Waals surface area contributed by atoms with E-state index in [1.807, 2.05) is 16.8 Å². The van der Waals surface area contributed by atoms with Crippen LogP contribution in [0.2, 0.25) is 0 Å². The Morgan fingerprint density at radius 1 is 1.47 bits per heavy atom. The van der Waals surface area contributed by atoms with Gasteiger partial charge in [0.2, 0.25) is 5.89 Å². The lowest BCUT2D eigenvalue weighted by Gasteiger charge is -2.13. The summed E-state index contributed by atoms with van der Waals surface area (Å²) < 4.78 is 7.12. The van der Waals surface area contributed by atoms with E-state index in [4.69, 9.17) is 4.52 Å². The second-order valence-corrected chi connectivity index (χ2v) is 4.32. The fourth-order valence-electron chi connectivity index (χ4n) is 2.29. The van der Waals surface area contributed by atoms with Crippen LogP contribution >= 0.6 is 0 Å². The van der Waals surface area contributed by atoms with E-state index in [9.17, 15) is 4.79 Å². The molecule has 3 rings (SSSR count). The third kappa shape index (κ3) is 1.77. The van der Waals surface area contributed by atoms with Gasteiger partial charge in [0.05, 0.1) is 0 Å². The van der Waals surface area contributed by atoms with Crippen molar-refractivity contribution in [2.24, 2.45) is 0 Å². The summed E-state index contributed by atoms with van der Waals surface area (Å²) in [6.45, 7) is 2.34. The van der Waals surface area contributed by atoms with Crippen molar-refractivity contribution in [2.45, 2.75) is 32.7 Å². The van der Waals surface area contributed by atoms with Gasteiger partial charge in [-0.15, -0.1) is 0 Å². The molecule has 0 N–H and O–H groups in total. The van der Waals surface area contributed by atoms with E-state index >= 15 is 0 Å². The molecule has 2 aromatic heterocycles. The Kier molecular flexibility index (Phi) is 2.31. The van der Waals surface area contributed by atoms with Gasteiger partial charge >= 0.3 is 0 Å². The van der Waals surface area contributed by atoms with Gasteiger partial charge in [-0.3, -0.25) is 4.79 Å². The number of Topliss-reactive ketones (excluding diaryl/α,β-unsaturated/α-hetero) is 1. The van der Waals surface area contributed by atoms with E-state index in [0.29, 0.717) is 24.7 Å². The van der Waals surface area contributed by atoms with Crippen LogP contribution in [0.5, 0.6) is 0 Å². The van der Waals surface area contributed by atoms with Crippen molar-refractivity contribution in [3.05, 3.63) is 35.2 Å². The predicted molar refractivity (Wildman–Crippen MR) is 59.8 cm³/mol. The fourth-order valence-corrected chi connectivity index (χ4v) is 2.29. The van der Waals surface area contributed by atoms with Gasteiger partial charge in [-0.1, -0.05) is 5.16 Å². The third-order valence-electron chi connectivity index (χ3n) is 3.07. The highest BCUT2D eigenvalue weighted by Crippen LogP contribution is 2.22. The molecule has 2 heterocycles. The molecule has 5 heteroatoms. The lowest BCUT2D eigenvalue weighted by molar-refractivity contribution is 0.0971. The van der Waals surface area contributed by atoms with Gasteiger partial charge in [-0.25, -0.2) is 0 Å². The van der Waals surface area contributed by atoms with Crippen molar-refractivity contribution in [3.8, 4) is 0 Å². The minimum absolute atomic E-state index is 0.242. The molecule has 2 aromatic rings. The fraction of sp³-hybridized carbons (Fsp3) is 0.417. The monoisotopic (exact) mass is 231 g/mol. The quantitative estimate of drug-likeness (QED) is 0.790. The number of ketones is 1. The lowest BCUT2D eigenvalue weighted by Crippen LogP contribution is -2.13. The zero-order valence-corrected chi connectivity index (χ0v) is 9.64. The van der Waals surface area contributed by atoms with Crippen LogP contribution in [-0.2, 0) is 13.0 Å². The first-order valence-corrected chi connectivity index (χ1v) is 5.74. The molecule has 1 aliphatic carbocycles. The van der Waals surface area contributed by atoms with Gasteiger partial charge in [0.1, 0.15) is 6.54 Å². The number of nitrogens with zero attached hydrogens (tertiary/aromatic N) is 3. The zero-order chi connectivity index (χ0) is 11.8. The summed E-state index contributed by atoms with van der Waals surface area (Å²) in [6.07, 6.45) is 4.46. The van der Waals surface area contributed by atoms with Gasteiger partial charge in [-0.2, -0.15) is 4.98 Å². The highest BCUT2D eigenvalue weighted by atomic mass is 16.5. The van der Waals surface area contributed by atoms with Crippen molar-refractivity contribution >= 4 is 5.78 Å². The van der Waals surface area contributed by atoms with Gasteiger partial charge in [0.25, 0.3) is 0 Å². The van der Waals surface area contributed by atoms with Gasteiger partial charge in [-0.05, 0) is 25.8 Å². The third-order valence-corrected chi connectivity index (χ3v) is 3.07. The van der Waals surface area contributed by atoms with E-state index in [0.717, 1.165) is 24.1 Å². The smallest absolute Gasteiger partial charge is 0.246 e. The number of hydrogen-bond donors (Lipinski definition) is 0. The Labute approximate surface area is 98.4 Å². The zero-order valence-electron chi connectivity index (χ0n) is 9.64. The summed E-state index contributed by atoms with van der Waals surface area (Å²) >= 11 is 0. The highest BCUT2D eigenvalue weighted by molar-refractivity contribution is 5.98. The number of aryl methyl sites for hydroxylation is 1. The second kappa shape index (κ2) is 3.84. The minimum Gasteiger partial charge on any atom is -0.341 e.